The molecule has 7 atom stereocenters. The van der Waals surface area contributed by atoms with E-state index in [1.807, 2.05) is 6.07 Å². The normalized spacial score (nSPS) is 43.6. The minimum Gasteiger partial charge on any atom is -0.469 e. The number of hydrogen-bond acceptors (Lipinski definition) is 3. The predicted octanol–water partition coefficient (Wildman–Crippen LogP) is 9.22. The second kappa shape index (κ2) is 9.17. The van der Waals surface area contributed by atoms with Gasteiger partial charge in [0.05, 0.1) is 12.5 Å². The number of benzene rings is 1. The Balaban J connectivity index is 1.45. The molecule has 0 aliphatic heterocycles. The molecule has 1 aromatic rings. The van der Waals surface area contributed by atoms with E-state index in [-0.39, 0.29) is 44.4 Å². The van der Waals surface area contributed by atoms with E-state index in [0.717, 1.165) is 68.9 Å². The van der Waals surface area contributed by atoms with Crippen molar-refractivity contribution in [1.82, 2.24) is 0 Å². The number of rotatable bonds is 2. The van der Waals surface area contributed by atoms with E-state index in [4.69, 9.17) is 4.74 Å². The molecular formula is C38H52O3. The summed E-state index contributed by atoms with van der Waals surface area (Å²) in [6, 6.07) is 10.4. The highest BCUT2D eigenvalue weighted by atomic mass is 16.5. The summed E-state index contributed by atoms with van der Waals surface area (Å²) in [5.74, 6) is 1.50. The lowest BCUT2D eigenvalue weighted by atomic mass is 9.33. The van der Waals surface area contributed by atoms with Crippen LogP contribution in [0.2, 0.25) is 0 Å². The van der Waals surface area contributed by atoms with Crippen LogP contribution in [-0.2, 0) is 14.3 Å². The fraction of sp³-hybridized carbons (Fsp3) is 0.684. The van der Waals surface area contributed by atoms with Crippen LogP contribution in [0.5, 0.6) is 0 Å². The van der Waals surface area contributed by atoms with E-state index in [2.05, 4.69) is 84.9 Å². The van der Waals surface area contributed by atoms with Gasteiger partial charge in [-0.05, 0) is 114 Å². The summed E-state index contributed by atoms with van der Waals surface area (Å²) in [5, 5.41) is 0. The minimum atomic E-state index is -0.375. The third kappa shape index (κ3) is 3.89. The molecule has 4 fully saturated rings. The fourth-order valence-corrected chi connectivity index (χ4v) is 11.5. The van der Waals surface area contributed by atoms with Crippen LogP contribution in [-0.4, -0.2) is 18.9 Å². The number of ketones is 1. The summed E-state index contributed by atoms with van der Waals surface area (Å²) < 4.78 is 5.54. The van der Waals surface area contributed by atoms with Gasteiger partial charge in [-0.3, -0.25) is 9.59 Å². The molecule has 0 bridgehead atoms. The Hall–Kier alpha value is -2.16. The van der Waals surface area contributed by atoms with Crippen LogP contribution < -0.4 is 0 Å². The average Bonchev–Trinajstić information content (AvgIpc) is 2.92. The Kier molecular flexibility index (Phi) is 6.47. The summed E-state index contributed by atoms with van der Waals surface area (Å²) in [5.41, 5.74) is 3.39. The summed E-state index contributed by atoms with van der Waals surface area (Å²) in [7, 11) is 1.59. The smallest absolute Gasteiger partial charge is 0.312 e. The Morgan fingerprint density at radius 3 is 2.27 bits per heavy atom. The van der Waals surface area contributed by atoms with Crippen molar-refractivity contribution in [2.24, 2.45) is 50.2 Å². The first-order chi connectivity index (χ1) is 19.1. The molecule has 3 heteroatoms. The highest BCUT2D eigenvalue weighted by Gasteiger charge is 2.69. The monoisotopic (exact) mass is 556 g/mol. The number of methoxy groups -OCH3 is 1. The van der Waals surface area contributed by atoms with Crippen LogP contribution in [0.25, 0.3) is 6.08 Å². The van der Waals surface area contributed by atoms with E-state index in [1.165, 1.54) is 0 Å². The van der Waals surface area contributed by atoms with E-state index < -0.39 is 0 Å². The summed E-state index contributed by atoms with van der Waals surface area (Å²) in [6.45, 7) is 16.9. The first-order valence-corrected chi connectivity index (χ1v) is 16.2. The second-order valence-corrected chi connectivity index (χ2v) is 16.7. The molecule has 3 nitrogen and oxygen atoms in total. The molecule has 0 saturated heterocycles. The van der Waals surface area contributed by atoms with E-state index in [1.54, 1.807) is 12.7 Å². The van der Waals surface area contributed by atoms with Crippen LogP contribution in [0.4, 0.5) is 0 Å². The molecule has 1 aromatic carbocycles. The number of esters is 1. The quantitative estimate of drug-likeness (QED) is 0.207. The van der Waals surface area contributed by atoms with Gasteiger partial charge in [0.15, 0.2) is 5.78 Å². The molecule has 0 unspecified atom stereocenters. The highest BCUT2D eigenvalue weighted by molar-refractivity contribution is 6.04. The van der Waals surface area contributed by atoms with Gasteiger partial charge in [-0.15, -0.1) is 0 Å². The van der Waals surface area contributed by atoms with Gasteiger partial charge >= 0.3 is 5.97 Å². The molecule has 222 valence electrons. The minimum absolute atomic E-state index is 0.0205. The van der Waals surface area contributed by atoms with Crippen molar-refractivity contribution in [3.8, 4) is 0 Å². The maximum atomic E-state index is 14.0. The molecule has 0 heterocycles. The zero-order chi connectivity index (χ0) is 29.6. The molecule has 0 spiro atoms. The summed E-state index contributed by atoms with van der Waals surface area (Å²) >= 11 is 0. The molecule has 6 rings (SSSR count). The number of fused-ring (bicyclic) bond motifs is 7. The Bertz CT molecular complexity index is 1320. The standard InChI is InChI=1S/C38H52O3/c1-33(2)18-20-38(32(40)41-8)21-19-36(6)27(28(38)24-33)14-15-30-35(5)23-26(22-25-12-10-9-11-13-25)31(39)34(3,4)29(35)16-17-37(30,36)7/h9-14,22,28-30H,15-21,23-24H2,1-8H3/b26-22-/t28-,29-,30+,35-,36+,37+,38-/m0/s1. The number of Topliss-reactive ketones (excluding diaryl/α,β-unsaturated/α-hetero) is 1. The summed E-state index contributed by atoms with van der Waals surface area (Å²) in [6.07, 6.45) is 14.0. The second-order valence-electron chi connectivity index (χ2n) is 16.7. The van der Waals surface area contributed by atoms with Crippen molar-refractivity contribution in [1.29, 1.82) is 0 Å². The lowest BCUT2D eigenvalue weighted by Crippen LogP contribution is -2.65. The van der Waals surface area contributed by atoms with Gasteiger partial charge in [-0.1, -0.05) is 90.4 Å². The van der Waals surface area contributed by atoms with Gasteiger partial charge in [-0.2, -0.15) is 0 Å². The average molecular weight is 557 g/mol. The van der Waals surface area contributed by atoms with Crippen LogP contribution in [0.1, 0.15) is 112 Å². The van der Waals surface area contributed by atoms with Crippen molar-refractivity contribution in [2.45, 2.75) is 106 Å². The Morgan fingerprint density at radius 1 is 0.902 bits per heavy atom. The summed E-state index contributed by atoms with van der Waals surface area (Å²) in [4.78, 5) is 27.5. The number of carbonyl (C=O) groups excluding carboxylic acids is 2. The van der Waals surface area contributed by atoms with Gasteiger partial charge in [0.25, 0.3) is 0 Å². The molecular weight excluding hydrogens is 504 g/mol. The zero-order valence-electron chi connectivity index (χ0n) is 26.9. The topological polar surface area (TPSA) is 43.4 Å². The van der Waals surface area contributed by atoms with Crippen molar-refractivity contribution in [2.75, 3.05) is 7.11 Å². The molecule has 0 N–H and O–H groups in total. The van der Waals surface area contributed by atoms with Gasteiger partial charge in [-0.25, -0.2) is 0 Å². The van der Waals surface area contributed by atoms with Gasteiger partial charge in [0.1, 0.15) is 0 Å². The van der Waals surface area contributed by atoms with Crippen LogP contribution >= 0.6 is 0 Å². The van der Waals surface area contributed by atoms with Crippen LogP contribution in [0.15, 0.2) is 47.6 Å². The van der Waals surface area contributed by atoms with Crippen LogP contribution in [0.3, 0.4) is 0 Å². The van der Waals surface area contributed by atoms with E-state index in [9.17, 15) is 9.59 Å². The SMILES string of the molecule is COC(=O)[C@]12CCC(C)(C)C[C@H]1C1=CC[C@@H]3[C@@]4(C)C/C(=C/c5ccccc5)C(=O)C(C)(C)[C@@H]4CC[C@@]3(C)[C@]1(C)CC2. The predicted molar refractivity (Wildman–Crippen MR) is 166 cm³/mol. The Morgan fingerprint density at radius 2 is 1.59 bits per heavy atom. The molecule has 0 aromatic heterocycles. The lowest BCUT2D eigenvalue weighted by molar-refractivity contribution is -0.185. The van der Waals surface area contributed by atoms with Crippen LogP contribution in [0, 0.1) is 50.2 Å². The molecule has 5 aliphatic carbocycles. The van der Waals surface area contributed by atoms with Crippen molar-refractivity contribution < 1.29 is 14.3 Å². The molecule has 41 heavy (non-hydrogen) atoms. The zero-order valence-corrected chi connectivity index (χ0v) is 26.9. The first kappa shape index (κ1) is 28.9. The van der Waals surface area contributed by atoms with Crippen molar-refractivity contribution in [3.05, 3.63) is 53.1 Å². The lowest BCUT2D eigenvalue weighted by Gasteiger charge is -2.70. The molecule has 0 amide bonds. The number of ether oxygens (including phenoxy) is 1. The maximum absolute atomic E-state index is 14.0. The van der Waals surface area contributed by atoms with Gasteiger partial charge < -0.3 is 4.74 Å². The first-order valence-electron chi connectivity index (χ1n) is 16.2. The van der Waals surface area contributed by atoms with E-state index >= 15 is 0 Å². The van der Waals surface area contributed by atoms with Gasteiger partial charge in [0.2, 0.25) is 0 Å². The highest BCUT2D eigenvalue weighted by Crippen LogP contribution is 2.75. The third-order valence-electron chi connectivity index (χ3n) is 14.0. The third-order valence-corrected chi connectivity index (χ3v) is 14.0. The molecule has 0 radical (unpaired) electrons. The van der Waals surface area contributed by atoms with E-state index in [0.29, 0.717) is 17.6 Å². The molecule has 4 saturated carbocycles. The number of carbonyl (C=O) groups is 2. The molecule has 5 aliphatic rings. The van der Waals surface area contributed by atoms with Crippen molar-refractivity contribution >= 4 is 17.8 Å². The Labute approximate surface area is 248 Å². The maximum Gasteiger partial charge on any atom is 0.312 e. The number of allylic oxidation sites excluding steroid dienone is 3. The largest absolute Gasteiger partial charge is 0.469 e. The fourth-order valence-electron chi connectivity index (χ4n) is 11.5. The van der Waals surface area contributed by atoms with Gasteiger partial charge in [0, 0.05) is 5.41 Å². The van der Waals surface area contributed by atoms with Crippen molar-refractivity contribution in [3.63, 3.8) is 0 Å². The number of hydrogen-bond donors (Lipinski definition) is 0.